The molecule has 0 saturated carbocycles. The fourth-order valence-electron chi connectivity index (χ4n) is 3.97. The van der Waals surface area contributed by atoms with E-state index in [-0.39, 0.29) is 11.5 Å². The molecule has 0 aliphatic carbocycles. The number of carbonyl (C=O) groups is 1. The number of H-pyrrole nitrogens is 1. The number of anilines is 2. The number of aromatic nitrogens is 2. The van der Waals surface area contributed by atoms with Crippen LogP contribution >= 0.6 is 0 Å². The van der Waals surface area contributed by atoms with E-state index < -0.39 is 5.69 Å². The zero-order chi connectivity index (χ0) is 21.1. The van der Waals surface area contributed by atoms with Gasteiger partial charge in [-0.2, -0.15) is 0 Å². The van der Waals surface area contributed by atoms with Crippen LogP contribution in [0, 0.1) is 0 Å². The second-order valence-corrected chi connectivity index (χ2v) is 7.64. The van der Waals surface area contributed by atoms with Crippen LogP contribution in [0.5, 0.6) is 0 Å². The maximum Gasteiger partial charge on any atom is 0.328 e. The predicted molar refractivity (Wildman–Crippen MR) is 120 cm³/mol. The van der Waals surface area contributed by atoms with Gasteiger partial charge < -0.3 is 15.2 Å². The molecule has 1 aliphatic rings. The van der Waals surface area contributed by atoms with Gasteiger partial charge in [-0.05, 0) is 62.2 Å². The van der Waals surface area contributed by atoms with Gasteiger partial charge in [0.15, 0.2) is 0 Å². The van der Waals surface area contributed by atoms with E-state index in [1.165, 1.54) is 31.4 Å². The van der Waals surface area contributed by atoms with Crippen molar-refractivity contribution in [1.29, 1.82) is 0 Å². The minimum absolute atomic E-state index is 0.291. The highest BCUT2D eigenvalue weighted by Gasteiger charge is 2.13. The van der Waals surface area contributed by atoms with Crippen LogP contribution in [0.25, 0.3) is 10.9 Å². The van der Waals surface area contributed by atoms with E-state index in [1.54, 1.807) is 25.1 Å². The van der Waals surface area contributed by atoms with Crippen molar-refractivity contribution in [3.8, 4) is 0 Å². The van der Waals surface area contributed by atoms with E-state index in [4.69, 9.17) is 0 Å². The molecule has 156 valence electrons. The van der Waals surface area contributed by atoms with Gasteiger partial charge in [0.1, 0.15) is 0 Å². The first-order valence-electron chi connectivity index (χ1n) is 10.5. The quantitative estimate of drug-likeness (QED) is 0.696. The molecular formula is C23H26N4O3. The van der Waals surface area contributed by atoms with Gasteiger partial charge in [-0.3, -0.25) is 14.2 Å². The van der Waals surface area contributed by atoms with Crippen molar-refractivity contribution in [3.63, 3.8) is 0 Å². The molecule has 1 saturated heterocycles. The molecule has 2 heterocycles. The summed E-state index contributed by atoms with van der Waals surface area (Å²) in [6, 6.07) is 12.6. The van der Waals surface area contributed by atoms with Crippen molar-refractivity contribution in [3.05, 3.63) is 68.9 Å². The van der Waals surface area contributed by atoms with Gasteiger partial charge in [0.25, 0.3) is 11.5 Å². The SMILES string of the molecule is CCn1c(=O)[nH]c2cc(C(=O)Nc3ccc(N4CCCCCC4)cc3)ccc2c1=O. The summed E-state index contributed by atoms with van der Waals surface area (Å²) in [5.74, 6) is -0.292. The lowest BCUT2D eigenvalue weighted by Crippen LogP contribution is -2.34. The van der Waals surface area contributed by atoms with Crippen molar-refractivity contribution in [2.75, 3.05) is 23.3 Å². The molecule has 1 aromatic heterocycles. The van der Waals surface area contributed by atoms with Gasteiger partial charge in [-0.1, -0.05) is 12.8 Å². The molecule has 0 spiro atoms. The van der Waals surface area contributed by atoms with E-state index in [1.807, 2.05) is 24.3 Å². The third-order valence-electron chi connectivity index (χ3n) is 5.66. The number of rotatable bonds is 4. The average molecular weight is 406 g/mol. The highest BCUT2D eigenvalue weighted by atomic mass is 16.2. The largest absolute Gasteiger partial charge is 0.372 e. The molecule has 1 aliphatic heterocycles. The molecule has 30 heavy (non-hydrogen) atoms. The number of nitrogens with one attached hydrogen (secondary N) is 2. The summed E-state index contributed by atoms with van der Waals surface area (Å²) in [7, 11) is 0. The van der Waals surface area contributed by atoms with Crippen molar-refractivity contribution in [2.24, 2.45) is 0 Å². The topological polar surface area (TPSA) is 87.2 Å². The van der Waals surface area contributed by atoms with Gasteiger partial charge in [0.2, 0.25) is 0 Å². The fraction of sp³-hybridized carbons (Fsp3) is 0.348. The maximum absolute atomic E-state index is 12.7. The van der Waals surface area contributed by atoms with Crippen LogP contribution in [-0.2, 0) is 6.54 Å². The summed E-state index contributed by atoms with van der Waals surface area (Å²) >= 11 is 0. The van der Waals surface area contributed by atoms with E-state index in [9.17, 15) is 14.4 Å². The van der Waals surface area contributed by atoms with Gasteiger partial charge in [-0.15, -0.1) is 0 Å². The number of hydrogen-bond acceptors (Lipinski definition) is 4. The first-order chi connectivity index (χ1) is 14.6. The first kappa shape index (κ1) is 19.9. The zero-order valence-electron chi connectivity index (χ0n) is 17.1. The maximum atomic E-state index is 12.7. The fourth-order valence-corrected chi connectivity index (χ4v) is 3.97. The lowest BCUT2D eigenvalue weighted by atomic mass is 10.1. The van der Waals surface area contributed by atoms with Crippen molar-refractivity contribution >= 4 is 28.2 Å². The molecule has 1 fully saturated rings. The Kier molecular flexibility index (Phi) is 5.70. The Morgan fingerprint density at radius 3 is 2.37 bits per heavy atom. The Morgan fingerprint density at radius 1 is 1.00 bits per heavy atom. The van der Waals surface area contributed by atoms with E-state index in [2.05, 4.69) is 15.2 Å². The van der Waals surface area contributed by atoms with Crippen molar-refractivity contribution in [2.45, 2.75) is 39.2 Å². The van der Waals surface area contributed by atoms with Crippen LogP contribution in [0.3, 0.4) is 0 Å². The number of carbonyl (C=O) groups excluding carboxylic acids is 1. The van der Waals surface area contributed by atoms with Crippen LogP contribution < -0.4 is 21.5 Å². The molecule has 3 aromatic rings. The molecule has 4 rings (SSSR count). The summed E-state index contributed by atoms with van der Waals surface area (Å²) in [5, 5.41) is 3.27. The third kappa shape index (κ3) is 4.01. The minimum atomic E-state index is -0.475. The number of fused-ring (bicyclic) bond motifs is 1. The molecule has 7 nitrogen and oxygen atoms in total. The molecular weight excluding hydrogens is 380 g/mol. The standard InChI is InChI=1S/C23H26N4O3/c1-2-27-22(29)19-12-7-16(15-20(19)25-23(27)30)21(28)24-17-8-10-18(11-9-17)26-13-5-3-4-6-14-26/h7-12,15H,2-6,13-14H2,1H3,(H,24,28)(H,25,30). The Bertz CT molecular complexity index is 1170. The molecule has 0 bridgehead atoms. The molecule has 0 atom stereocenters. The second-order valence-electron chi connectivity index (χ2n) is 7.64. The Morgan fingerprint density at radius 2 is 1.70 bits per heavy atom. The van der Waals surface area contributed by atoms with Crippen molar-refractivity contribution < 1.29 is 4.79 Å². The molecule has 1 amide bonds. The minimum Gasteiger partial charge on any atom is -0.372 e. The van der Waals surface area contributed by atoms with Crippen LogP contribution in [0.2, 0.25) is 0 Å². The highest BCUT2D eigenvalue weighted by Crippen LogP contribution is 2.22. The van der Waals surface area contributed by atoms with E-state index >= 15 is 0 Å². The summed E-state index contributed by atoms with van der Waals surface area (Å²) in [6.45, 7) is 4.17. The van der Waals surface area contributed by atoms with Crippen LogP contribution in [0.1, 0.15) is 43.0 Å². The molecule has 7 heteroatoms. The first-order valence-corrected chi connectivity index (χ1v) is 10.5. The van der Waals surface area contributed by atoms with E-state index in [0.29, 0.717) is 28.7 Å². The Balaban J connectivity index is 1.52. The molecule has 2 aromatic carbocycles. The number of benzene rings is 2. The number of hydrogen-bond donors (Lipinski definition) is 2. The van der Waals surface area contributed by atoms with E-state index in [0.717, 1.165) is 17.7 Å². The molecule has 2 N–H and O–H groups in total. The summed E-state index contributed by atoms with van der Waals surface area (Å²) in [4.78, 5) is 42.2. The predicted octanol–water partition coefficient (Wildman–Crippen LogP) is 3.34. The van der Waals surface area contributed by atoms with Gasteiger partial charge in [-0.25, -0.2) is 4.79 Å². The normalized spacial score (nSPS) is 14.5. The Labute approximate surface area is 174 Å². The lowest BCUT2D eigenvalue weighted by molar-refractivity contribution is 0.102. The van der Waals surface area contributed by atoms with Crippen LogP contribution in [-0.4, -0.2) is 28.5 Å². The number of nitrogens with zero attached hydrogens (tertiary/aromatic N) is 2. The molecule has 0 radical (unpaired) electrons. The van der Waals surface area contributed by atoms with Gasteiger partial charge in [0.05, 0.1) is 10.9 Å². The number of amides is 1. The summed E-state index contributed by atoms with van der Waals surface area (Å²) < 4.78 is 1.13. The zero-order valence-corrected chi connectivity index (χ0v) is 17.1. The van der Waals surface area contributed by atoms with Crippen molar-refractivity contribution in [1.82, 2.24) is 9.55 Å². The van der Waals surface area contributed by atoms with Gasteiger partial charge >= 0.3 is 5.69 Å². The van der Waals surface area contributed by atoms with Crippen LogP contribution in [0.4, 0.5) is 11.4 Å². The second kappa shape index (κ2) is 8.57. The highest BCUT2D eigenvalue weighted by molar-refractivity contribution is 6.06. The lowest BCUT2D eigenvalue weighted by Gasteiger charge is -2.22. The monoisotopic (exact) mass is 406 g/mol. The Hall–Kier alpha value is -3.35. The third-order valence-corrected chi connectivity index (χ3v) is 5.66. The number of aromatic amines is 1. The van der Waals surface area contributed by atoms with Crippen LogP contribution in [0.15, 0.2) is 52.1 Å². The summed E-state index contributed by atoms with van der Waals surface area (Å²) in [5.41, 5.74) is 1.78. The summed E-state index contributed by atoms with van der Waals surface area (Å²) in [6.07, 6.45) is 5.00. The smallest absolute Gasteiger partial charge is 0.328 e. The van der Waals surface area contributed by atoms with Gasteiger partial charge in [0, 0.05) is 36.6 Å². The average Bonchev–Trinajstić information content (AvgIpc) is 3.04. The molecule has 0 unspecified atom stereocenters.